The van der Waals surface area contributed by atoms with Crippen molar-refractivity contribution < 1.29 is 19.3 Å². The Morgan fingerprint density at radius 1 is 1.17 bits per heavy atom. The van der Waals surface area contributed by atoms with Gasteiger partial charge in [-0.05, 0) is 29.8 Å². The minimum atomic E-state index is -2.87. The van der Waals surface area contributed by atoms with Crippen LogP contribution < -0.4 is 10.2 Å². The summed E-state index contributed by atoms with van der Waals surface area (Å²) in [5, 5.41) is 23.4. The number of nitrogens with zero attached hydrogens (tertiary/aromatic N) is 2. The van der Waals surface area contributed by atoms with Gasteiger partial charge in [0.2, 0.25) is 0 Å². The Labute approximate surface area is 181 Å². The van der Waals surface area contributed by atoms with Crippen LogP contribution in [0.3, 0.4) is 0 Å². The Morgan fingerprint density at radius 3 is 2.77 bits per heavy atom. The summed E-state index contributed by atoms with van der Waals surface area (Å²) < 4.78 is 21.2. The van der Waals surface area contributed by atoms with Gasteiger partial charge in [-0.2, -0.15) is 10.6 Å². The Kier molecular flexibility index (Phi) is 6.06. The number of halogens is 1. The molecule has 1 aromatic heterocycles. The van der Waals surface area contributed by atoms with E-state index in [2.05, 4.69) is 5.32 Å². The van der Waals surface area contributed by atoms with E-state index in [1.54, 1.807) is 18.2 Å². The van der Waals surface area contributed by atoms with Gasteiger partial charge >= 0.3 is 0 Å². The molecular formula is C21H24ClN3O4S. The van der Waals surface area contributed by atoms with Crippen LogP contribution >= 0.6 is 22.2 Å². The molecule has 0 saturated heterocycles. The monoisotopic (exact) mass is 449 g/mol. The van der Waals surface area contributed by atoms with Crippen molar-refractivity contribution in [2.45, 2.75) is 17.5 Å². The minimum absolute atomic E-state index is 0.172. The van der Waals surface area contributed by atoms with Crippen molar-refractivity contribution in [1.29, 1.82) is 0 Å². The second kappa shape index (κ2) is 8.58. The molecule has 3 aromatic rings. The molecule has 2 aromatic carbocycles. The van der Waals surface area contributed by atoms with Crippen LogP contribution in [0.5, 0.6) is 0 Å². The van der Waals surface area contributed by atoms with Gasteiger partial charge in [0, 0.05) is 41.8 Å². The summed E-state index contributed by atoms with van der Waals surface area (Å²) in [5.41, 5.74) is 2.31. The standard InChI is InChI=1S/C21H24ClN3O4S/c22-15-5-6-18-17(9-15)19(23-11-16(27)13-26)10-21(24-18)25-7-8-30(28,29)20-4-2-1-3-14(20)12-25/h1-6,9-10,16,26-29H,7-8,11-13H2,(H,23,24). The predicted octanol–water partition coefficient (Wildman–Crippen LogP) is 3.78. The number of aromatic nitrogens is 1. The fourth-order valence-electron chi connectivity index (χ4n) is 3.57. The van der Waals surface area contributed by atoms with E-state index in [-0.39, 0.29) is 18.9 Å². The molecule has 1 aliphatic rings. The molecule has 2 heterocycles. The van der Waals surface area contributed by atoms with Crippen molar-refractivity contribution in [1.82, 2.24) is 4.98 Å². The first-order valence-electron chi connectivity index (χ1n) is 9.59. The van der Waals surface area contributed by atoms with Crippen LogP contribution in [0.4, 0.5) is 11.5 Å². The van der Waals surface area contributed by atoms with Crippen LogP contribution in [0.2, 0.25) is 5.02 Å². The second-order valence-electron chi connectivity index (χ2n) is 7.31. The zero-order valence-electron chi connectivity index (χ0n) is 16.2. The number of hydrogen-bond donors (Lipinski definition) is 5. The number of fused-ring (bicyclic) bond motifs is 2. The first-order valence-corrected chi connectivity index (χ1v) is 11.7. The average molecular weight is 450 g/mol. The molecule has 0 fully saturated rings. The predicted molar refractivity (Wildman–Crippen MR) is 122 cm³/mol. The van der Waals surface area contributed by atoms with Crippen molar-refractivity contribution in [3.63, 3.8) is 0 Å². The van der Waals surface area contributed by atoms with Crippen molar-refractivity contribution in [2.24, 2.45) is 0 Å². The molecule has 7 nitrogen and oxygen atoms in total. The van der Waals surface area contributed by atoms with Gasteiger partial charge in [-0.3, -0.25) is 9.11 Å². The molecule has 1 aliphatic heterocycles. The lowest BCUT2D eigenvalue weighted by Crippen LogP contribution is -2.26. The molecule has 0 bridgehead atoms. The molecule has 0 amide bonds. The van der Waals surface area contributed by atoms with Gasteiger partial charge in [-0.15, -0.1) is 0 Å². The van der Waals surface area contributed by atoms with E-state index < -0.39 is 16.7 Å². The third-order valence-corrected chi connectivity index (χ3v) is 7.24. The Morgan fingerprint density at radius 2 is 1.97 bits per heavy atom. The topological polar surface area (TPSA) is 109 Å². The third kappa shape index (κ3) is 4.34. The van der Waals surface area contributed by atoms with E-state index in [0.717, 1.165) is 22.2 Å². The molecule has 0 radical (unpaired) electrons. The molecule has 9 heteroatoms. The number of benzene rings is 2. The molecule has 30 heavy (non-hydrogen) atoms. The van der Waals surface area contributed by atoms with E-state index in [4.69, 9.17) is 21.7 Å². The molecule has 4 rings (SSSR count). The van der Waals surface area contributed by atoms with Crippen LogP contribution in [0, 0.1) is 0 Å². The van der Waals surface area contributed by atoms with E-state index >= 15 is 0 Å². The maximum Gasteiger partial charge on any atom is 0.131 e. The first-order chi connectivity index (χ1) is 14.4. The molecule has 0 aliphatic carbocycles. The maximum atomic E-state index is 10.6. The van der Waals surface area contributed by atoms with Gasteiger partial charge in [0.15, 0.2) is 0 Å². The largest absolute Gasteiger partial charge is 0.394 e. The maximum absolute atomic E-state index is 10.6. The van der Waals surface area contributed by atoms with Crippen LogP contribution in [0.1, 0.15) is 5.56 Å². The molecule has 1 atom stereocenters. The number of anilines is 2. The summed E-state index contributed by atoms with van der Waals surface area (Å²) in [5.74, 6) is 0.897. The fourth-order valence-corrected chi connectivity index (χ4v) is 5.28. The third-order valence-electron chi connectivity index (χ3n) is 5.15. The molecular weight excluding hydrogens is 426 g/mol. The summed E-state index contributed by atoms with van der Waals surface area (Å²) in [7, 11) is -2.87. The molecule has 1 unspecified atom stereocenters. The van der Waals surface area contributed by atoms with Crippen LogP contribution in [0.25, 0.3) is 10.9 Å². The van der Waals surface area contributed by atoms with Gasteiger partial charge in [0.1, 0.15) is 5.82 Å². The van der Waals surface area contributed by atoms with E-state index in [9.17, 15) is 14.2 Å². The molecule has 5 N–H and O–H groups in total. The fraction of sp³-hybridized carbons (Fsp3) is 0.286. The highest BCUT2D eigenvalue weighted by molar-refractivity contribution is 8.24. The quantitative estimate of drug-likeness (QED) is 0.403. The van der Waals surface area contributed by atoms with Gasteiger partial charge in [-0.25, -0.2) is 4.98 Å². The number of rotatable bonds is 5. The second-order valence-corrected chi connectivity index (χ2v) is 9.92. The highest BCUT2D eigenvalue weighted by Gasteiger charge is 2.26. The molecule has 0 saturated carbocycles. The number of nitrogens with one attached hydrogen (secondary N) is 1. The minimum Gasteiger partial charge on any atom is -0.394 e. The van der Waals surface area contributed by atoms with Crippen molar-refractivity contribution in [3.8, 4) is 0 Å². The van der Waals surface area contributed by atoms with Crippen LogP contribution in [-0.2, 0) is 6.54 Å². The first kappa shape index (κ1) is 21.2. The van der Waals surface area contributed by atoms with Gasteiger partial charge in [-0.1, -0.05) is 29.8 Å². The van der Waals surface area contributed by atoms with E-state index in [1.165, 1.54) is 0 Å². The number of pyridine rings is 1. The van der Waals surface area contributed by atoms with Crippen molar-refractivity contribution >= 4 is 44.6 Å². The SMILES string of the molecule is OCC(O)CNc1cc(N2CCS(O)(O)c3ccccc3C2)nc2ccc(Cl)cc12. The Balaban J connectivity index is 1.74. The highest BCUT2D eigenvalue weighted by Crippen LogP contribution is 2.51. The van der Waals surface area contributed by atoms with E-state index in [1.807, 2.05) is 35.2 Å². The van der Waals surface area contributed by atoms with Crippen LogP contribution in [0.15, 0.2) is 53.4 Å². The Hall–Kier alpha value is -2.07. The number of aliphatic hydroxyl groups is 2. The summed E-state index contributed by atoms with van der Waals surface area (Å²) in [6, 6.07) is 14.6. The van der Waals surface area contributed by atoms with Crippen molar-refractivity contribution in [3.05, 3.63) is 59.1 Å². The number of aliphatic hydroxyl groups excluding tert-OH is 2. The summed E-state index contributed by atoms with van der Waals surface area (Å²) in [4.78, 5) is 7.37. The van der Waals surface area contributed by atoms with Gasteiger partial charge < -0.3 is 20.4 Å². The highest BCUT2D eigenvalue weighted by atomic mass is 35.5. The van der Waals surface area contributed by atoms with Gasteiger partial charge in [0.25, 0.3) is 0 Å². The van der Waals surface area contributed by atoms with Crippen molar-refractivity contribution in [2.75, 3.05) is 35.7 Å². The van der Waals surface area contributed by atoms with Gasteiger partial charge in [0.05, 0.1) is 28.9 Å². The Bertz CT molecular complexity index is 1070. The number of hydrogen-bond acceptors (Lipinski definition) is 7. The molecule has 160 valence electrons. The summed E-state index contributed by atoms with van der Waals surface area (Å²) in [6.07, 6.45) is -0.895. The summed E-state index contributed by atoms with van der Waals surface area (Å²) in [6.45, 7) is 0.758. The molecule has 0 spiro atoms. The average Bonchev–Trinajstić information content (AvgIpc) is 2.88. The zero-order chi connectivity index (χ0) is 21.3. The summed E-state index contributed by atoms with van der Waals surface area (Å²) >= 11 is 6.17. The lowest BCUT2D eigenvalue weighted by Gasteiger charge is -2.32. The van der Waals surface area contributed by atoms with Crippen LogP contribution in [-0.4, -0.2) is 55.9 Å². The smallest absolute Gasteiger partial charge is 0.131 e. The lowest BCUT2D eigenvalue weighted by molar-refractivity contribution is 0.105. The zero-order valence-corrected chi connectivity index (χ0v) is 17.8. The lowest BCUT2D eigenvalue weighted by atomic mass is 10.1. The van der Waals surface area contributed by atoms with E-state index in [0.29, 0.717) is 28.8 Å². The normalized spacial score (nSPS) is 17.8.